The first-order valence-electron chi connectivity index (χ1n) is 10.2. The first-order chi connectivity index (χ1) is 15.7. The summed E-state index contributed by atoms with van der Waals surface area (Å²) >= 11 is 0. The van der Waals surface area contributed by atoms with Gasteiger partial charge in [0.2, 0.25) is 5.91 Å². The third kappa shape index (κ3) is 5.63. The molecule has 1 heterocycles. The normalized spacial score (nSPS) is 18.2. The SMILES string of the molecule is CCC1NC(=O)C(Cc2ccc(NC(=O)C(F)(F)F)cc2)N=C1c1ccc(OC)c(OC)c1. The van der Waals surface area contributed by atoms with Crippen molar-refractivity contribution < 1.29 is 32.2 Å². The van der Waals surface area contributed by atoms with Crippen molar-refractivity contribution in [2.45, 2.75) is 38.0 Å². The van der Waals surface area contributed by atoms with Gasteiger partial charge in [0.1, 0.15) is 6.04 Å². The zero-order valence-electron chi connectivity index (χ0n) is 18.3. The predicted octanol–water partition coefficient (Wildman–Crippen LogP) is 3.51. The maximum Gasteiger partial charge on any atom is 0.471 e. The van der Waals surface area contributed by atoms with Crippen molar-refractivity contribution in [1.82, 2.24) is 5.32 Å². The molecule has 2 aromatic carbocycles. The fraction of sp³-hybridized carbons (Fsp3) is 0.348. The maximum atomic E-state index is 12.6. The second-order valence-electron chi connectivity index (χ2n) is 7.42. The van der Waals surface area contributed by atoms with E-state index in [4.69, 9.17) is 14.5 Å². The molecule has 0 radical (unpaired) electrons. The van der Waals surface area contributed by atoms with Crippen LogP contribution < -0.4 is 20.1 Å². The van der Waals surface area contributed by atoms with Crippen LogP contribution >= 0.6 is 0 Å². The van der Waals surface area contributed by atoms with Crippen molar-refractivity contribution >= 4 is 23.2 Å². The van der Waals surface area contributed by atoms with Gasteiger partial charge in [0.15, 0.2) is 11.5 Å². The van der Waals surface area contributed by atoms with Crippen molar-refractivity contribution in [3.05, 3.63) is 53.6 Å². The minimum Gasteiger partial charge on any atom is -0.493 e. The Morgan fingerprint density at radius 3 is 2.33 bits per heavy atom. The van der Waals surface area contributed by atoms with Gasteiger partial charge >= 0.3 is 12.1 Å². The number of nitrogens with zero attached hydrogens (tertiary/aromatic N) is 1. The standard InChI is InChI=1S/C23H24F3N3O4/c1-4-16-20(14-7-10-18(32-2)19(12-14)33-3)28-17(21(30)29-16)11-13-5-8-15(9-6-13)27-22(31)23(24,25)26/h5-10,12,16-17H,4,11H2,1-3H3,(H,27,31)(H,29,30). The molecule has 0 bridgehead atoms. The van der Waals surface area contributed by atoms with E-state index in [-0.39, 0.29) is 24.1 Å². The lowest BCUT2D eigenvalue weighted by Gasteiger charge is -2.28. The van der Waals surface area contributed by atoms with Gasteiger partial charge in [-0.15, -0.1) is 0 Å². The summed E-state index contributed by atoms with van der Waals surface area (Å²) in [5.41, 5.74) is 2.19. The minimum atomic E-state index is -4.97. The highest BCUT2D eigenvalue weighted by Crippen LogP contribution is 2.29. The number of alkyl halides is 3. The van der Waals surface area contributed by atoms with E-state index in [1.807, 2.05) is 13.0 Å². The second-order valence-corrected chi connectivity index (χ2v) is 7.42. The van der Waals surface area contributed by atoms with Gasteiger partial charge in [0, 0.05) is 17.7 Å². The molecule has 1 aliphatic rings. The summed E-state index contributed by atoms with van der Waals surface area (Å²) in [6.45, 7) is 1.94. The number of rotatable bonds is 7. The van der Waals surface area contributed by atoms with Crippen LogP contribution in [0.1, 0.15) is 24.5 Å². The summed E-state index contributed by atoms with van der Waals surface area (Å²) in [5, 5.41) is 4.77. The molecule has 2 aromatic rings. The van der Waals surface area contributed by atoms with Crippen LogP contribution in [0.3, 0.4) is 0 Å². The summed E-state index contributed by atoms with van der Waals surface area (Å²) in [4.78, 5) is 28.4. The number of carbonyl (C=O) groups is 2. The first kappa shape index (κ1) is 24.1. The van der Waals surface area contributed by atoms with E-state index in [1.165, 1.54) is 19.2 Å². The summed E-state index contributed by atoms with van der Waals surface area (Å²) in [5.74, 6) is -1.17. The molecular weight excluding hydrogens is 439 g/mol. The van der Waals surface area contributed by atoms with E-state index in [2.05, 4.69) is 5.32 Å². The highest BCUT2D eigenvalue weighted by Gasteiger charge is 2.38. The molecule has 0 saturated heterocycles. The molecule has 2 amide bonds. The smallest absolute Gasteiger partial charge is 0.471 e. The van der Waals surface area contributed by atoms with E-state index in [9.17, 15) is 22.8 Å². The summed E-state index contributed by atoms with van der Waals surface area (Å²) in [6.07, 6.45) is -4.09. The largest absolute Gasteiger partial charge is 0.493 e. The molecule has 2 N–H and O–H groups in total. The lowest BCUT2D eigenvalue weighted by molar-refractivity contribution is -0.167. The van der Waals surface area contributed by atoms with Gasteiger partial charge in [-0.3, -0.25) is 14.6 Å². The van der Waals surface area contributed by atoms with Crippen molar-refractivity contribution in [1.29, 1.82) is 0 Å². The maximum absolute atomic E-state index is 12.6. The van der Waals surface area contributed by atoms with Crippen molar-refractivity contribution in [3.63, 3.8) is 0 Å². The molecule has 33 heavy (non-hydrogen) atoms. The van der Waals surface area contributed by atoms with Crippen LogP contribution in [0.25, 0.3) is 0 Å². The van der Waals surface area contributed by atoms with Gasteiger partial charge in [-0.05, 0) is 42.3 Å². The number of benzene rings is 2. The molecule has 0 spiro atoms. The zero-order chi connectivity index (χ0) is 24.2. The second kappa shape index (κ2) is 9.93. The van der Waals surface area contributed by atoms with E-state index in [1.54, 1.807) is 36.7 Å². The van der Waals surface area contributed by atoms with Crippen LogP contribution in [0.2, 0.25) is 0 Å². The lowest BCUT2D eigenvalue weighted by atomic mass is 9.95. The van der Waals surface area contributed by atoms with Gasteiger partial charge in [-0.1, -0.05) is 19.1 Å². The number of aliphatic imine (C=N–C) groups is 1. The van der Waals surface area contributed by atoms with E-state index >= 15 is 0 Å². The van der Waals surface area contributed by atoms with Crippen LogP contribution in [-0.4, -0.2) is 50.0 Å². The molecule has 2 atom stereocenters. The topological polar surface area (TPSA) is 89.0 Å². The van der Waals surface area contributed by atoms with Gasteiger partial charge in [-0.25, -0.2) is 0 Å². The Morgan fingerprint density at radius 2 is 1.76 bits per heavy atom. The molecule has 0 saturated carbocycles. The van der Waals surface area contributed by atoms with E-state index in [0.29, 0.717) is 29.2 Å². The summed E-state index contributed by atoms with van der Waals surface area (Å²) in [7, 11) is 3.08. The third-order valence-corrected chi connectivity index (χ3v) is 5.23. The van der Waals surface area contributed by atoms with E-state index < -0.39 is 18.1 Å². The number of nitrogens with one attached hydrogen (secondary N) is 2. The lowest BCUT2D eigenvalue weighted by Crippen LogP contribution is -2.50. The summed E-state index contributed by atoms with van der Waals surface area (Å²) in [6, 6.07) is 10.2. The average Bonchev–Trinajstić information content (AvgIpc) is 2.80. The molecule has 0 aliphatic carbocycles. The molecule has 10 heteroatoms. The number of hydrogen-bond acceptors (Lipinski definition) is 5. The highest BCUT2D eigenvalue weighted by atomic mass is 19.4. The zero-order valence-corrected chi connectivity index (χ0v) is 18.3. The number of hydrogen-bond donors (Lipinski definition) is 2. The number of methoxy groups -OCH3 is 2. The Kier molecular flexibility index (Phi) is 7.25. The average molecular weight is 463 g/mol. The Labute approximate surface area is 189 Å². The van der Waals surface area contributed by atoms with E-state index in [0.717, 1.165) is 5.56 Å². The molecule has 7 nitrogen and oxygen atoms in total. The Hall–Kier alpha value is -3.56. The minimum absolute atomic E-state index is 0.00901. The summed E-state index contributed by atoms with van der Waals surface area (Å²) < 4.78 is 47.9. The fourth-order valence-corrected chi connectivity index (χ4v) is 3.51. The monoisotopic (exact) mass is 463 g/mol. The number of anilines is 1. The van der Waals surface area contributed by atoms with Crippen LogP contribution in [0.15, 0.2) is 47.5 Å². The number of carbonyl (C=O) groups excluding carboxylic acids is 2. The molecule has 0 aromatic heterocycles. The molecule has 176 valence electrons. The van der Waals surface area contributed by atoms with Crippen LogP contribution in [0, 0.1) is 0 Å². The number of ether oxygens (including phenoxy) is 2. The Balaban J connectivity index is 1.83. The predicted molar refractivity (Wildman–Crippen MR) is 117 cm³/mol. The third-order valence-electron chi connectivity index (χ3n) is 5.23. The van der Waals surface area contributed by atoms with Gasteiger partial charge in [0.05, 0.1) is 26.0 Å². The highest BCUT2D eigenvalue weighted by molar-refractivity contribution is 6.09. The number of halogens is 3. The Morgan fingerprint density at radius 1 is 1.09 bits per heavy atom. The van der Waals surface area contributed by atoms with Crippen LogP contribution in [0.4, 0.5) is 18.9 Å². The van der Waals surface area contributed by atoms with Crippen molar-refractivity contribution in [3.8, 4) is 11.5 Å². The number of amides is 2. The van der Waals surface area contributed by atoms with Gasteiger partial charge < -0.3 is 20.1 Å². The molecule has 1 aliphatic heterocycles. The van der Waals surface area contributed by atoms with Crippen molar-refractivity contribution in [2.75, 3.05) is 19.5 Å². The quantitative estimate of drug-likeness (QED) is 0.658. The fourth-order valence-electron chi connectivity index (χ4n) is 3.51. The van der Waals surface area contributed by atoms with Crippen LogP contribution in [0.5, 0.6) is 11.5 Å². The first-order valence-corrected chi connectivity index (χ1v) is 10.2. The molecule has 0 fully saturated rings. The van der Waals surface area contributed by atoms with Crippen LogP contribution in [-0.2, 0) is 16.0 Å². The van der Waals surface area contributed by atoms with Gasteiger partial charge in [0.25, 0.3) is 0 Å². The van der Waals surface area contributed by atoms with Crippen molar-refractivity contribution in [2.24, 2.45) is 4.99 Å². The Bertz CT molecular complexity index is 1050. The molecule has 3 rings (SSSR count). The molecule has 2 unspecified atom stereocenters. The molecular formula is C23H24F3N3O4. The van der Waals surface area contributed by atoms with Gasteiger partial charge in [-0.2, -0.15) is 13.2 Å².